The van der Waals surface area contributed by atoms with Crippen LogP contribution in [0.1, 0.15) is 18.4 Å². The molecule has 2 fully saturated rings. The zero-order valence-electron chi connectivity index (χ0n) is 23.8. The third-order valence-electron chi connectivity index (χ3n) is 8.45. The Hall–Kier alpha value is -4.28. The van der Waals surface area contributed by atoms with E-state index in [9.17, 15) is 17.6 Å². The molecule has 3 aromatic rings. The van der Waals surface area contributed by atoms with Gasteiger partial charge in [-0.05, 0) is 37.9 Å². The monoisotopic (exact) mass is 605 g/mol. The molecular weight excluding hydrogens is 573 g/mol. The average molecular weight is 606 g/mol. The molecule has 3 aliphatic heterocycles. The number of fused-ring (bicyclic) bond motifs is 2. The molecule has 0 radical (unpaired) electrons. The number of anilines is 2. The van der Waals surface area contributed by atoms with Crippen molar-refractivity contribution >= 4 is 38.2 Å². The zero-order valence-corrected chi connectivity index (χ0v) is 24.6. The van der Waals surface area contributed by atoms with Gasteiger partial charge in [0.2, 0.25) is 6.54 Å². The van der Waals surface area contributed by atoms with Crippen molar-refractivity contribution in [3.63, 3.8) is 0 Å². The van der Waals surface area contributed by atoms with E-state index in [1.807, 2.05) is 48.3 Å². The van der Waals surface area contributed by atoms with Crippen LogP contribution in [0.5, 0.6) is 6.01 Å². The van der Waals surface area contributed by atoms with Gasteiger partial charge in [0.05, 0.1) is 17.8 Å². The first-order chi connectivity index (χ1) is 20.7. The highest BCUT2D eigenvalue weighted by atomic mass is 32.2. The van der Waals surface area contributed by atoms with Crippen LogP contribution in [0.4, 0.5) is 15.9 Å². The summed E-state index contributed by atoms with van der Waals surface area (Å²) in [5, 5.41) is 1.56. The number of nitrogens with zero attached hydrogens (tertiary/aromatic N) is 7. The molecule has 0 aliphatic carbocycles. The minimum atomic E-state index is -4.09. The Labute approximate surface area is 250 Å². The second-order valence-corrected chi connectivity index (χ2v) is 12.8. The van der Waals surface area contributed by atoms with Gasteiger partial charge in [0.15, 0.2) is 10.9 Å². The number of hydrogen-bond acceptors (Lipinski definition) is 8. The molecule has 2 saturated heterocycles. The molecule has 11 nitrogen and oxygen atoms in total. The first-order valence-electron chi connectivity index (χ1n) is 14.2. The third kappa shape index (κ3) is 5.25. The van der Waals surface area contributed by atoms with Crippen molar-refractivity contribution in [1.82, 2.24) is 19.8 Å². The smallest absolute Gasteiger partial charge is 0.319 e. The van der Waals surface area contributed by atoms with Gasteiger partial charge in [-0.15, -0.1) is 0 Å². The number of amides is 1. The van der Waals surface area contributed by atoms with Crippen LogP contribution in [0.3, 0.4) is 0 Å². The molecule has 1 aromatic heterocycles. The molecule has 0 saturated carbocycles. The van der Waals surface area contributed by atoms with Gasteiger partial charge in [0, 0.05) is 31.1 Å². The molecule has 2 atom stereocenters. The lowest BCUT2D eigenvalue weighted by molar-refractivity contribution is -0.131. The van der Waals surface area contributed by atoms with Crippen LogP contribution in [-0.4, -0.2) is 92.6 Å². The third-order valence-corrected chi connectivity index (χ3v) is 10.2. The summed E-state index contributed by atoms with van der Waals surface area (Å²) in [6, 6.07) is 12.6. The lowest BCUT2D eigenvalue weighted by Crippen LogP contribution is -2.56. The fraction of sp³-hybridized carbons (Fsp3) is 0.400. The van der Waals surface area contributed by atoms with Gasteiger partial charge >= 0.3 is 6.01 Å². The number of hydrogen-bond donors (Lipinski definition) is 0. The fourth-order valence-corrected chi connectivity index (χ4v) is 7.76. The number of rotatable bonds is 7. The highest BCUT2D eigenvalue weighted by Gasteiger charge is 2.43. The molecule has 3 aliphatic rings. The Bertz CT molecular complexity index is 1740. The lowest BCUT2D eigenvalue weighted by atomic mass is 10.1. The van der Waals surface area contributed by atoms with Crippen molar-refractivity contribution in [2.24, 2.45) is 0 Å². The predicted molar refractivity (Wildman–Crippen MR) is 160 cm³/mol. The summed E-state index contributed by atoms with van der Waals surface area (Å²) in [6.07, 6.45) is 2.00. The standard InChI is InChI=1S/C30H32FN7O4S/c1-20(31)29(39)37-15-14-36(17-23(37)16-32-2)27-25-18-38(26-12-6-9-21-8-4-5-11-24(21)26)43(40,41)28(25)34-30(33-27)42-19-22-10-7-13-35(22)3/h4-6,8-9,11-12,22-23H,1,7,10,13-19H2,3H3/t22-,23-/m0/s1. The second-order valence-electron chi connectivity index (χ2n) is 11.1. The minimum absolute atomic E-state index is 0.000563. The number of piperazine rings is 1. The molecule has 2 aromatic carbocycles. The number of halogens is 1. The summed E-state index contributed by atoms with van der Waals surface area (Å²) < 4.78 is 49.4. The molecule has 43 heavy (non-hydrogen) atoms. The molecule has 6 rings (SSSR count). The van der Waals surface area contributed by atoms with Crippen LogP contribution in [0.25, 0.3) is 15.6 Å². The second kappa shape index (κ2) is 11.4. The summed E-state index contributed by atoms with van der Waals surface area (Å²) in [4.78, 5) is 30.5. The van der Waals surface area contributed by atoms with Gasteiger partial charge in [-0.1, -0.05) is 43.0 Å². The topological polar surface area (TPSA) is 104 Å². The summed E-state index contributed by atoms with van der Waals surface area (Å²) in [5.41, 5.74) is 0.939. The first-order valence-corrected chi connectivity index (χ1v) is 15.6. The van der Waals surface area contributed by atoms with Crippen LogP contribution < -0.4 is 13.9 Å². The normalized spacial score (nSPS) is 21.6. The predicted octanol–water partition coefficient (Wildman–Crippen LogP) is 3.23. The quantitative estimate of drug-likeness (QED) is 0.230. The van der Waals surface area contributed by atoms with Crippen LogP contribution in [0.2, 0.25) is 0 Å². The number of sulfonamides is 1. The van der Waals surface area contributed by atoms with Crippen LogP contribution >= 0.6 is 0 Å². The Morgan fingerprint density at radius 2 is 1.93 bits per heavy atom. The molecule has 4 heterocycles. The summed E-state index contributed by atoms with van der Waals surface area (Å²) in [5.74, 6) is -1.57. The lowest BCUT2D eigenvalue weighted by Gasteiger charge is -2.39. The van der Waals surface area contributed by atoms with Gasteiger partial charge in [0.25, 0.3) is 15.9 Å². The van der Waals surface area contributed by atoms with E-state index < -0.39 is 27.8 Å². The van der Waals surface area contributed by atoms with E-state index in [4.69, 9.17) is 16.3 Å². The maximum absolute atomic E-state index is 14.1. The Kier molecular flexibility index (Phi) is 7.66. The van der Waals surface area contributed by atoms with E-state index in [1.165, 1.54) is 9.21 Å². The number of carbonyl (C=O) groups is 1. The highest BCUT2D eigenvalue weighted by Crippen LogP contribution is 2.41. The zero-order chi connectivity index (χ0) is 30.3. The van der Waals surface area contributed by atoms with Gasteiger partial charge in [-0.3, -0.25) is 9.10 Å². The van der Waals surface area contributed by atoms with E-state index >= 15 is 0 Å². The molecule has 13 heteroatoms. The van der Waals surface area contributed by atoms with E-state index in [0.29, 0.717) is 23.7 Å². The van der Waals surface area contributed by atoms with Gasteiger partial charge in [0.1, 0.15) is 18.5 Å². The van der Waals surface area contributed by atoms with Crippen molar-refractivity contribution in [3.8, 4) is 6.01 Å². The summed E-state index contributed by atoms with van der Waals surface area (Å²) in [6.45, 7) is 12.3. The van der Waals surface area contributed by atoms with Crippen LogP contribution in [0.15, 0.2) is 59.9 Å². The van der Waals surface area contributed by atoms with Gasteiger partial charge in [-0.25, -0.2) is 11.0 Å². The number of carbonyl (C=O) groups excluding carboxylic acids is 1. The van der Waals surface area contributed by atoms with Crippen LogP contribution in [-0.2, 0) is 21.4 Å². The van der Waals surface area contributed by atoms with Gasteiger partial charge in [-0.2, -0.15) is 18.4 Å². The highest BCUT2D eigenvalue weighted by molar-refractivity contribution is 7.93. The van der Waals surface area contributed by atoms with E-state index in [0.717, 1.165) is 30.2 Å². The Morgan fingerprint density at radius 1 is 1.14 bits per heavy atom. The maximum Gasteiger partial charge on any atom is 0.319 e. The summed E-state index contributed by atoms with van der Waals surface area (Å²) in [7, 11) is -2.07. The summed E-state index contributed by atoms with van der Waals surface area (Å²) >= 11 is 0. The van der Waals surface area contributed by atoms with E-state index in [2.05, 4.69) is 21.3 Å². The largest absolute Gasteiger partial charge is 0.462 e. The van der Waals surface area contributed by atoms with Crippen LogP contribution in [0, 0.1) is 6.57 Å². The molecule has 0 bridgehead atoms. The number of likely N-dealkylation sites (tertiary alicyclic amines) is 1. The molecule has 224 valence electrons. The van der Waals surface area contributed by atoms with E-state index in [1.54, 1.807) is 6.07 Å². The number of aromatic nitrogens is 2. The molecule has 0 spiro atoms. The van der Waals surface area contributed by atoms with Gasteiger partial charge < -0.3 is 24.3 Å². The fourth-order valence-electron chi connectivity index (χ4n) is 6.18. The number of benzene rings is 2. The average Bonchev–Trinajstić information content (AvgIpc) is 3.53. The Morgan fingerprint density at radius 3 is 2.67 bits per heavy atom. The molecular formula is C30H32FN7O4S. The maximum atomic E-state index is 14.1. The first kappa shape index (κ1) is 28.8. The SMILES string of the molecule is [C-]#[N+]C[C@H]1CN(c2nc(OC[C@@H]3CCCN3C)nc3c2CN(c2cccc4ccccc24)S3(=O)=O)CCN1C(=O)C(=C)F. The van der Waals surface area contributed by atoms with Crippen molar-refractivity contribution in [1.29, 1.82) is 0 Å². The minimum Gasteiger partial charge on any atom is -0.462 e. The number of ether oxygens (including phenoxy) is 1. The molecule has 0 N–H and O–H groups in total. The molecule has 0 unspecified atom stereocenters. The number of likely N-dealkylation sites (N-methyl/N-ethyl adjacent to an activating group) is 1. The van der Waals surface area contributed by atoms with E-state index in [-0.39, 0.29) is 49.8 Å². The van der Waals surface area contributed by atoms with Crippen molar-refractivity contribution in [2.45, 2.75) is 36.5 Å². The Balaban J connectivity index is 1.40. The van der Waals surface area contributed by atoms with Crippen molar-refractivity contribution < 1.29 is 22.3 Å². The molecule has 1 amide bonds. The van der Waals surface area contributed by atoms with Crippen molar-refractivity contribution in [2.75, 3.05) is 55.6 Å². The van der Waals surface area contributed by atoms with Crippen molar-refractivity contribution in [3.05, 3.63) is 71.9 Å².